The number of rotatable bonds is 4. The van der Waals surface area contributed by atoms with Crippen LogP contribution >= 0.6 is 0 Å². The van der Waals surface area contributed by atoms with Crippen molar-refractivity contribution in [3.63, 3.8) is 0 Å². The van der Waals surface area contributed by atoms with Crippen LogP contribution in [0.2, 0.25) is 0 Å². The quantitative estimate of drug-likeness (QED) is 0.637. The highest BCUT2D eigenvalue weighted by Gasteiger charge is 2.39. The number of nitrogens with two attached hydrogens (primary N) is 1. The van der Waals surface area contributed by atoms with Gasteiger partial charge in [-0.25, -0.2) is 0 Å². The monoisotopic (exact) mass is 198 g/mol. The number of hydrogen-bond donors (Lipinski definition) is 1. The molecule has 2 rings (SSSR count). The van der Waals surface area contributed by atoms with Crippen molar-refractivity contribution in [2.45, 2.75) is 18.9 Å². The maximum absolute atomic E-state index is 11.5. The van der Waals surface area contributed by atoms with Crippen molar-refractivity contribution in [1.82, 2.24) is 4.90 Å². The second-order valence-electron chi connectivity index (χ2n) is 3.92. The third-order valence-corrected chi connectivity index (χ3v) is 2.55. The van der Waals surface area contributed by atoms with Crippen LogP contribution in [0.1, 0.15) is 12.8 Å². The van der Waals surface area contributed by atoms with E-state index >= 15 is 0 Å². The minimum absolute atomic E-state index is 0.00481. The highest BCUT2D eigenvalue weighted by Crippen LogP contribution is 2.32. The van der Waals surface area contributed by atoms with Gasteiger partial charge < -0.3 is 15.4 Å². The summed E-state index contributed by atoms with van der Waals surface area (Å²) >= 11 is 0. The molecule has 1 saturated heterocycles. The topological polar surface area (TPSA) is 72.6 Å². The first-order chi connectivity index (χ1) is 6.66. The smallest absolute Gasteiger partial charge is 0.243 e. The van der Waals surface area contributed by atoms with E-state index in [0.717, 1.165) is 12.8 Å². The van der Waals surface area contributed by atoms with Gasteiger partial charge in [-0.15, -0.1) is 0 Å². The molecule has 5 heteroatoms. The summed E-state index contributed by atoms with van der Waals surface area (Å²) in [5.41, 5.74) is 4.93. The van der Waals surface area contributed by atoms with Gasteiger partial charge in [0.25, 0.3) is 0 Å². The Kier molecular flexibility index (Phi) is 2.41. The van der Waals surface area contributed by atoms with Crippen molar-refractivity contribution >= 4 is 11.8 Å². The summed E-state index contributed by atoms with van der Waals surface area (Å²) in [6.07, 6.45) is 2.06. The average molecular weight is 198 g/mol. The average Bonchev–Trinajstić information content (AvgIpc) is 2.82. The molecular formula is C9H14N2O3. The van der Waals surface area contributed by atoms with Gasteiger partial charge in [-0.05, 0) is 12.8 Å². The van der Waals surface area contributed by atoms with Crippen LogP contribution in [-0.2, 0) is 14.3 Å². The Labute approximate surface area is 82.2 Å². The van der Waals surface area contributed by atoms with Crippen molar-refractivity contribution in [3.8, 4) is 0 Å². The van der Waals surface area contributed by atoms with Crippen molar-refractivity contribution in [2.24, 2.45) is 11.7 Å². The Morgan fingerprint density at radius 1 is 1.36 bits per heavy atom. The lowest BCUT2D eigenvalue weighted by Gasteiger charge is -2.38. The first kappa shape index (κ1) is 9.45. The summed E-state index contributed by atoms with van der Waals surface area (Å²) in [7, 11) is 0. The van der Waals surface area contributed by atoms with E-state index in [0.29, 0.717) is 13.1 Å². The largest absolute Gasteiger partial charge is 0.368 e. The molecule has 1 saturated carbocycles. The van der Waals surface area contributed by atoms with E-state index in [2.05, 4.69) is 0 Å². The van der Waals surface area contributed by atoms with Crippen LogP contribution in [0.5, 0.6) is 0 Å². The molecule has 1 heterocycles. The number of hydrogen-bond acceptors (Lipinski definition) is 3. The molecule has 0 atom stereocenters. The number of ether oxygens (including phenoxy) is 1. The maximum Gasteiger partial charge on any atom is 0.243 e. The molecular weight excluding hydrogens is 184 g/mol. The number of likely N-dealkylation sites (tertiary alicyclic amines) is 1. The number of primary amides is 1. The Hall–Kier alpha value is -1.10. The fourth-order valence-corrected chi connectivity index (χ4v) is 1.51. The SMILES string of the molecule is NC(=O)COC1CN(C(=O)C2CC2)C1. The van der Waals surface area contributed by atoms with Gasteiger partial charge >= 0.3 is 0 Å². The van der Waals surface area contributed by atoms with E-state index in [1.54, 1.807) is 4.90 Å². The van der Waals surface area contributed by atoms with E-state index in [4.69, 9.17) is 10.5 Å². The predicted octanol–water partition coefficient (Wildman–Crippen LogP) is -0.891. The van der Waals surface area contributed by atoms with Gasteiger partial charge in [-0.2, -0.15) is 0 Å². The Morgan fingerprint density at radius 2 is 2.00 bits per heavy atom. The summed E-state index contributed by atoms with van der Waals surface area (Å²) in [4.78, 5) is 23.6. The van der Waals surface area contributed by atoms with Crippen LogP contribution in [-0.4, -0.2) is 42.5 Å². The maximum atomic E-state index is 11.5. The molecule has 1 aliphatic heterocycles. The van der Waals surface area contributed by atoms with Gasteiger partial charge in [0.05, 0.1) is 6.10 Å². The molecule has 0 aromatic carbocycles. The Balaban J connectivity index is 1.63. The number of carbonyl (C=O) groups is 2. The minimum atomic E-state index is -0.461. The molecule has 0 radical (unpaired) electrons. The molecule has 0 bridgehead atoms. The molecule has 0 spiro atoms. The van der Waals surface area contributed by atoms with Gasteiger partial charge in [0, 0.05) is 19.0 Å². The normalized spacial score (nSPS) is 21.9. The van der Waals surface area contributed by atoms with Crippen LogP contribution < -0.4 is 5.73 Å². The fraction of sp³-hybridized carbons (Fsp3) is 0.778. The van der Waals surface area contributed by atoms with Crippen LogP contribution in [0, 0.1) is 5.92 Å². The van der Waals surface area contributed by atoms with Crippen LogP contribution in [0.25, 0.3) is 0 Å². The first-order valence-corrected chi connectivity index (χ1v) is 4.85. The molecule has 1 aliphatic carbocycles. The number of carbonyl (C=O) groups excluding carboxylic acids is 2. The van der Waals surface area contributed by atoms with Crippen LogP contribution in [0.15, 0.2) is 0 Å². The zero-order valence-corrected chi connectivity index (χ0v) is 7.94. The molecule has 2 fully saturated rings. The molecule has 2 aliphatic rings. The summed E-state index contributed by atoms with van der Waals surface area (Å²) in [6.45, 7) is 1.18. The van der Waals surface area contributed by atoms with E-state index in [-0.39, 0.29) is 24.5 Å². The Morgan fingerprint density at radius 3 is 2.50 bits per heavy atom. The highest BCUT2D eigenvalue weighted by molar-refractivity contribution is 5.81. The number of amides is 2. The van der Waals surface area contributed by atoms with Gasteiger partial charge in [0.15, 0.2) is 0 Å². The fourth-order valence-electron chi connectivity index (χ4n) is 1.51. The highest BCUT2D eigenvalue weighted by atomic mass is 16.5. The number of nitrogens with zero attached hydrogens (tertiary/aromatic N) is 1. The van der Waals surface area contributed by atoms with Crippen LogP contribution in [0.4, 0.5) is 0 Å². The molecule has 78 valence electrons. The van der Waals surface area contributed by atoms with E-state index < -0.39 is 5.91 Å². The van der Waals surface area contributed by atoms with Crippen molar-refractivity contribution in [2.75, 3.05) is 19.7 Å². The molecule has 0 aromatic rings. The van der Waals surface area contributed by atoms with Gasteiger partial charge in [0.1, 0.15) is 6.61 Å². The van der Waals surface area contributed by atoms with E-state index in [9.17, 15) is 9.59 Å². The summed E-state index contributed by atoms with van der Waals surface area (Å²) in [5, 5.41) is 0. The van der Waals surface area contributed by atoms with Gasteiger partial charge in [-0.1, -0.05) is 0 Å². The third kappa shape index (κ3) is 2.04. The lowest BCUT2D eigenvalue weighted by atomic mass is 10.1. The van der Waals surface area contributed by atoms with Gasteiger partial charge in [0.2, 0.25) is 11.8 Å². The van der Waals surface area contributed by atoms with Crippen molar-refractivity contribution in [3.05, 3.63) is 0 Å². The summed E-state index contributed by atoms with van der Waals surface area (Å²) in [5.74, 6) is 0.0491. The zero-order chi connectivity index (χ0) is 10.1. The lowest BCUT2D eigenvalue weighted by molar-refractivity contribution is -0.148. The van der Waals surface area contributed by atoms with E-state index in [1.165, 1.54) is 0 Å². The molecule has 2 N–H and O–H groups in total. The van der Waals surface area contributed by atoms with E-state index in [1.807, 2.05) is 0 Å². The summed E-state index contributed by atoms with van der Waals surface area (Å²) < 4.78 is 5.15. The third-order valence-electron chi connectivity index (χ3n) is 2.55. The lowest BCUT2D eigenvalue weighted by Crippen LogP contribution is -2.55. The van der Waals surface area contributed by atoms with Gasteiger partial charge in [-0.3, -0.25) is 9.59 Å². The first-order valence-electron chi connectivity index (χ1n) is 4.85. The van der Waals surface area contributed by atoms with Crippen molar-refractivity contribution in [1.29, 1.82) is 0 Å². The summed E-state index contributed by atoms with van der Waals surface area (Å²) in [6, 6.07) is 0. The minimum Gasteiger partial charge on any atom is -0.368 e. The second kappa shape index (κ2) is 3.57. The van der Waals surface area contributed by atoms with Crippen LogP contribution in [0.3, 0.4) is 0 Å². The predicted molar refractivity (Wildman–Crippen MR) is 48.2 cm³/mol. The standard InChI is InChI=1S/C9H14N2O3/c10-8(12)5-14-7-3-11(4-7)9(13)6-1-2-6/h6-7H,1-5H2,(H2,10,12). The zero-order valence-electron chi connectivity index (χ0n) is 7.94. The molecule has 0 aromatic heterocycles. The van der Waals surface area contributed by atoms with Crippen molar-refractivity contribution < 1.29 is 14.3 Å². The molecule has 0 unspecified atom stereocenters. The molecule has 2 amide bonds. The second-order valence-corrected chi connectivity index (χ2v) is 3.92. The Bertz CT molecular complexity index is 257. The molecule has 14 heavy (non-hydrogen) atoms. The molecule has 5 nitrogen and oxygen atoms in total.